The predicted molar refractivity (Wildman–Crippen MR) is 54.8 cm³/mol. The van der Waals surface area contributed by atoms with Crippen molar-refractivity contribution in [3.63, 3.8) is 0 Å². The van der Waals surface area contributed by atoms with E-state index in [9.17, 15) is 0 Å². The number of nitrogens with zero attached hydrogens (tertiary/aromatic N) is 1. The van der Waals surface area contributed by atoms with Gasteiger partial charge in [-0.15, -0.1) is 0 Å². The van der Waals surface area contributed by atoms with Gasteiger partial charge in [-0.2, -0.15) is 4.73 Å². The van der Waals surface area contributed by atoms with Crippen molar-refractivity contribution in [2.24, 2.45) is 0 Å². The molecule has 0 unspecified atom stereocenters. The second-order valence-electron chi connectivity index (χ2n) is 2.77. The van der Waals surface area contributed by atoms with Crippen molar-refractivity contribution in [2.45, 2.75) is 0 Å². The van der Waals surface area contributed by atoms with E-state index in [1.807, 2.05) is 0 Å². The van der Waals surface area contributed by atoms with Gasteiger partial charge in [-0.25, -0.2) is 0 Å². The van der Waals surface area contributed by atoms with Gasteiger partial charge in [0, 0.05) is 0 Å². The molecule has 2 aromatic rings. The lowest BCUT2D eigenvalue weighted by Crippen LogP contribution is -2.02. The van der Waals surface area contributed by atoms with Crippen LogP contribution in [0.4, 0.5) is 0 Å². The topological polar surface area (TPSA) is 23.4 Å². The van der Waals surface area contributed by atoms with Gasteiger partial charge < -0.3 is 9.57 Å². The third-order valence-electron chi connectivity index (χ3n) is 2.06. The second-order valence-corrected chi connectivity index (χ2v) is 3.18. The summed E-state index contributed by atoms with van der Waals surface area (Å²) >= 11 is 6.05. The molecule has 1 radical (unpaired) electrons. The van der Waals surface area contributed by atoms with Crippen LogP contribution in [0, 0.1) is 6.07 Å². The Kier molecular flexibility index (Phi) is 2.25. The van der Waals surface area contributed by atoms with E-state index < -0.39 is 0 Å². The van der Waals surface area contributed by atoms with Crippen LogP contribution in [0.3, 0.4) is 0 Å². The summed E-state index contributed by atoms with van der Waals surface area (Å²) in [6.45, 7) is 0. The Labute approximate surface area is 86.7 Å². The summed E-state index contributed by atoms with van der Waals surface area (Å²) in [4.78, 5) is 5.10. The first-order chi connectivity index (χ1) is 6.77. The summed E-state index contributed by atoms with van der Waals surface area (Å²) in [5.74, 6) is 0.697. The number of methoxy groups -OCH3 is 1. The minimum Gasteiger partial charge on any atom is -0.496 e. The Balaban J connectivity index is 2.81. The number of hydrogen-bond donors (Lipinski definition) is 0. The molecule has 0 bridgehead atoms. The van der Waals surface area contributed by atoms with Crippen molar-refractivity contribution < 1.29 is 9.57 Å². The van der Waals surface area contributed by atoms with Crippen LogP contribution in [0.15, 0.2) is 18.3 Å². The number of ether oxygens (including phenoxy) is 1. The summed E-state index contributed by atoms with van der Waals surface area (Å²) in [6, 6.07) is 6.50. The van der Waals surface area contributed by atoms with Gasteiger partial charge in [0.25, 0.3) is 0 Å². The molecule has 73 valence electrons. The minimum atomic E-state index is 0.604. The van der Waals surface area contributed by atoms with Crippen LogP contribution in [-0.4, -0.2) is 19.0 Å². The van der Waals surface area contributed by atoms with E-state index in [0.29, 0.717) is 10.8 Å². The Bertz CT molecular complexity index is 464. The van der Waals surface area contributed by atoms with E-state index in [1.54, 1.807) is 37.3 Å². The summed E-state index contributed by atoms with van der Waals surface area (Å²) in [5, 5.41) is 1.45. The van der Waals surface area contributed by atoms with E-state index >= 15 is 0 Å². The first-order valence-corrected chi connectivity index (χ1v) is 4.45. The lowest BCUT2D eigenvalue weighted by atomic mass is 10.2. The molecule has 0 aliphatic heterocycles. The molecule has 0 amide bonds. The molecule has 0 aliphatic carbocycles. The molecule has 1 aromatic carbocycles. The third-order valence-corrected chi connectivity index (χ3v) is 2.35. The van der Waals surface area contributed by atoms with E-state index in [-0.39, 0.29) is 0 Å². The van der Waals surface area contributed by atoms with E-state index in [0.717, 1.165) is 10.9 Å². The quantitative estimate of drug-likeness (QED) is 0.759. The maximum absolute atomic E-state index is 6.05. The number of aromatic nitrogens is 1. The molecule has 4 heteroatoms. The average Bonchev–Trinajstić information content (AvgIpc) is 2.55. The molecular weight excluding hydrogens is 202 g/mol. The highest BCUT2D eigenvalue weighted by Crippen LogP contribution is 2.32. The molecule has 1 aromatic heterocycles. The van der Waals surface area contributed by atoms with Crippen molar-refractivity contribution in [1.82, 2.24) is 4.73 Å². The van der Waals surface area contributed by atoms with Gasteiger partial charge in [-0.1, -0.05) is 11.6 Å². The van der Waals surface area contributed by atoms with Crippen LogP contribution >= 0.6 is 11.6 Å². The van der Waals surface area contributed by atoms with Gasteiger partial charge in [-0.05, 0) is 18.2 Å². The number of halogens is 1. The standard InChI is InChI=1S/C10H9ClNO2/c1-13-9-5-3-4-8-10(9)7(11)6-12(8)14-2/h4-6H,1-2H3. The van der Waals surface area contributed by atoms with Crippen LogP contribution in [0.2, 0.25) is 5.02 Å². The molecule has 0 fully saturated rings. The minimum absolute atomic E-state index is 0.604. The molecule has 0 saturated heterocycles. The van der Waals surface area contributed by atoms with Crippen molar-refractivity contribution >= 4 is 22.5 Å². The molecule has 1 heterocycles. The Hall–Kier alpha value is -1.35. The zero-order valence-corrected chi connectivity index (χ0v) is 8.63. The van der Waals surface area contributed by atoms with Crippen LogP contribution in [-0.2, 0) is 0 Å². The normalized spacial score (nSPS) is 10.5. The van der Waals surface area contributed by atoms with Crippen LogP contribution in [0.25, 0.3) is 10.9 Å². The maximum atomic E-state index is 6.05. The fraction of sp³-hybridized carbons (Fsp3) is 0.200. The molecule has 0 atom stereocenters. The molecular formula is C10H9ClNO2. The second kappa shape index (κ2) is 3.42. The fourth-order valence-corrected chi connectivity index (χ4v) is 1.71. The van der Waals surface area contributed by atoms with Gasteiger partial charge >= 0.3 is 0 Å². The summed E-state index contributed by atoms with van der Waals surface area (Å²) < 4.78 is 6.76. The predicted octanol–water partition coefficient (Wildman–Crippen LogP) is 2.16. The highest BCUT2D eigenvalue weighted by Gasteiger charge is 2.11. The van der Waals surface area contributed by atoms with Crippen molar-refractivity contribution in [3.8, 4) is 5.75 Å². The highest BCUT2D eigenvalue weighted by atomic mass is 35.5. The molecule has 0 N–H and O–H groups in total. The molecule has 0 saturated carbocycles. The van der Waals surface area contributed by atoms with Crippen LogP contribution < -0.4 is 9.57 Å². The van der Waals surface area contributed by atoms with Crippen LogP contribution in [0.1, 0.15) is 0 Å². The lowest BCUT2D eigenvalue weighted by Gasteiger charge is -2.03. The summed E-state index contributed by atoms with van der Waals surface area (Å²) in [5.41, 5.74) is 0.844. The van der Waals surface area contributed by atoms with Crippen molar-refractivity contribution in [1.29, 1.82) is 0 Å². The molecule has 0 spiro atoms. The largest absolute Gasteiger partial charge is 0.496 e. The number of hydrogen-bond acceptors (Lipinski definition) is 2. The molecule has 2 rings (SSSR count). The molecule has 3 nitrogen and oxygen atoms in total. The van der Waals surface area contributed by atoms with Gasteiger partial charge in [0.15, 0.2) is 0 Å². The smallest absolute Gasteiger partial charge is 0.130 e. The molecule has 0 aliphatic rings. The third kappa shape index (κ3) is 1.21. The van der Waals surface area contributed by atoms with Gasteiger partial charge in [-0.3, -0.25) is 0 Å². The van der Waals surface area contributed by atoms with Crippen molar-refractivity contribution in [2.75, 3.05) is 14.2 Å². The van der Waals surface area contributed by atoms with E-state index in [2.05, 4.69) is 6.07 Å². The Morgan fingerprint density at radius 2 is 2.14 bits per heavy atom. The van der Waals surface area contributed by atoms with Gasteiger partial charge in [0.1, 0.15) is 12.9 Å². The zero-order valence-electron chi connectivity index (χ0n) is 7.87. The SMILES string of the molecule is COc1c[c]cc2c1c(Cl)cn2OC. The Morgan fingerprint density at radius 3 is 2.79 bits per heavy atom. The van der Waals surface area contributed by atoms with Gasteiger partial charge in [0.2, 0.25) is 0 Å². The average molecular weight is 211 g/mol. The highest BCUT2D eigenvalue weighted by molar-refractivity contribution is 6.36. The fourth-order valence-electron chi connectivity index (χ4n) is 1.43. The van der Waals surface area contributed by atoms with Crippen LogP contribution in [0.5, 0.6) is 5.75 Å². The summed E-state index contributed by atoms with van der Waals surface area (Å²) in [7, 11) is 3.18. The zero-order chi connectivity index (χ0) is 10.1. The maximum Gasteiger partial charge on any atom is 0.130 e. The first kappa shape index (κ1) is 9.21. The summed E-state index contributed by atoms with van der Waals surface area (Å²) in [6.07, 6.45) is 1.70. The monoisotopic (exact) mass is 210 g/mol. The van der Waals surface area contributed by atoms with Crippen molar-refractivity contribution in [3.05, 3.63) is 29.4 Å². The van der Waals surface area contributed by atoms with Gasteiger partial charge in [0.05, 0.1) is 29.2 Å². The van der Waals surface area contributed by atoms with E-state index in [4.69, 9.17) is 21.2 Å². The number of benzene rings is 1. The molecule has 14 heavy (non-hydrogen) atoms. The lowest BCUT2D eigenvalue weighted by molar-refractivity contribution is 0.179. The number of rotatable bonds is 2. The number of fused-ring (bicyclic) bond motifs is 1. The first-order valence-electron chi connectivity index (χ1n) is 4.07. The Morgan fingerprint density at radius 1 is 1.36 bits per heavy atom. The van der Waals surface area contributed by atoms with E-state index in [1.165, 1.54) is 0 Å².